The Hall–Kier alpha value is -3.11. The molecule has 23 heavy (non-hydrogen) atoms. The molecule has 2 rings (SSSR count). The van der Waals surface area contributed by atoms with Crippen LogP contribution in [0.5, 0.6) is 0 Å². The van der Waals surface area contributed by atoms with Crippen LogP contribution in [0, 0.1) is 23.0 Å². The molecule has 0 spiro atoms. The van der Waals surface area contributed by atoms with E-state index in [2.05, 4.69) is 20.7 Å². The van der Waals surface area contributed by atoms with Crippen LogP contribution in [0.25, 0.3) is 0 Å². The molecule has 0 fully saturated rings. The lowest BCUT2D eigenvalue weighted by Crippen LogP contribution is -2.19. The smallest absolute Gasteiger partial charge is 0.265 e. The molecule has 0 aliphatic heterocycles. The van der Waals surface area contributed by atoms with Crippen molar-refractivity contribution in [2.45, 2.75) is 20.4 Å². The van der Waals surface area contributed by atoms with E-state index in [1.54, 1.807) is 13.8 Å². The van der Waals surface area contributed by atoms with Crippen LogP contribution in [0.15, 0.2) is 11.3 Å². The Morgan fingerprint density at radius 2 is 2.26 bits per heavy atom. The topological polar surface area (TPSA) is 120 Å². The quantitative estimate of drug-likeness (QED) is 0.494. The van der Waals surface area contributed by atoms with Crippen molar-refractivity contribution in [2.24, 2.45) is 12.1 Å². The third-order valence-corrected chi connectivity index (χ3v) is 3.03. The number of halogens is 1. The number of amides is 1. The molecule has 0 aliphatic rings. The van der Waals surface area contributed by atoms with Crippen LogP contribution in [0.4, 0.5) is 10.1 Å². The minimum absolute atomic E-state index is 0.112. The maximum absolute atomic E-state index is 13.7. The van der Waals surface area contributed by atoms with Crippen LogP contribution < -0.4 is 5.43 Å². The van der Waals surface area contributed by atoms with Crippen molar-refractivity contribution in [3.8, 4) is 0 Å². The fourth-order valence-corrected chi connectivity index (χ4v) is 1.87. The minimum Gasteiger partial charge on any atom is -0.265 e. The highest BCUT2D eigenvalue weighted by atomic mass is 19.1. The van der Waals surface area contributed by atoms with Gasteiger partial charge in [0, 0.05) is 13.6 Å². The van der Waals surface area contributed by atoms with Gasteiger partial charge in [-0.15, -0.1) is 0 Å². The summed E-state index contributed by atoms with van der Waals surface area (Å²) in [4.78, 5) is 22.2. The van der Waals surface area contributed by atoms with Crippen molar-refractivity contribution in [3.63, 3.8) is 0 Å². The molecule has 0 bridgehead atoms. The molecule has 122 valence electrons. The normalized spacial score (nSPS) is 11.1. The Bertz CT molecular complexity index is 793. The van der Waals surface area contributed by atoms with E-state index in [-0.39, 0.29) is 11.3 Å². The van der Waals surface area contributed by atoms with Crippen molar-refractivity contribution in [1.82, 2.24) is 25.0 Å². The standard InChI is InChI=1S/C12H14FN7O3/c1-4-19-6-9(20(22)23)10(17-19)12(21)15-14-5-8-7(2)16-18(3)11(8)13/h5-6H,4H2,1-3H3,(H,15,21). The first kappa shape index (κ1) is 16.3. The average Bonchev–Trinajstić information content (AvgIpc) is 3.03. The molecule has 11 heteroatoms. The van der Waals surface area contributed by atoms with Gasteiger partial charge in [0.15, 0.2) is 0 Å². The van der Waals surface area contributed by atoms with Gasteiger partial charge in [0.1, 0.15) is 6.20 Å². The number of carbonyl (C=O) groups is 1. The number of hydrogen-bond donors (Lipinski definition) is 1. The Kier molecular flexibility index (Phi) is 4.48. The van der Waals surface area contributed by atoms with Gasteiger partial charge >= 0.3 is 5.69 Å². The number of hydrogen-bond acceptors (Lipinski definition) is 6. The summed E-state index contributed by atoms with van der Waals surface area (Å²) in [6.07, 6.45) is 2.24. The monoisotopic (exact) mass is 323 g/mol. The summed E-state index contributed by atoms with van der Waals surface area (Å²) in [7, 11) is 1.43. The van der Waals surface area contributed by atoms with E-state index < -0.39 is 22.5 Å². The lowest BCUT2D eigenvalue weighted by molar-refractivity contribution is -0.385. The molecule has 1 amide bonds. The second-order valence-electron chi connectivity index (χ2n) is 4.59. The first-order chi connectivity index (χ1) is 10.8. The van der Waals surface area contributed by atoms with Gasteiger partial charge in [0.25, 0.3) is 5.91 Å². The predicted molar refractivity (Wildman–Crippen MR) is 77.5 cm³/mol. The van der Waals surface area contributed by atoms with Gasteiger partial charge in [-0.25, -0.2) is 10.1 Å². The van der Waals surface area contributed by atoms with Crippen molar-refractivity contribution >= 4 is 17.8 Å². The van der Waals surface area contributed by atoms with Gasteiger partial charge in [-0.3, -0.25) is 19.6 Å². The molecule has 2 heterocycles. The zero-order valence-electron chi connectivity index (χ0n) is 12.6. The summed E-state index contributed by atoms with van der Waals surface area (Å²) < 4.78 is 16.0. The fraction of sp³-hybridized carbons (Fsp3) is 0.333. The first-order valence-corrected chi connectivity index (χ1v) is 6.59. The van der Waals surface area contributed by atoms with E-state index in [9.17, 15) is 19.3 Å². The van der Waals surface area contributed by atoms with Gasteiger partial charge in [-0.05, 0) is 13.8 Å². The molecule has 10 nitrogen and oxygen atoms in total. The molecule has 0 saturated heterocycles. The summed E-state index contributed by atoms with van der Waals surface area (Å²) in [5.41, 5.74) is 1.80. The molecular weight excluding hydrogens is 309 g/mol. The fourth-order valence-electron chi connectivity index (χ4n) is 1.87. The van der Waals surface area contributed by atoms with Crippen LogP contribution in [-0.2, 0) is 13.6 Å². The molecule has 0 aromatic carbocycles. The van der Waals surface area contributed by atoms with E-state index >= 15 is 0 Å². The lowest BCUT2D eigenvalue weighted by Gasteiger charge is -1.96. The lowest BCUT2D eigenvalue weighted by atomic mass is 10.3. The third-order valence-electron chi connectivity index (χ3n) is 3.03. The number of aromatic nitrogens is 4. The van der Waals surface area contributed by atoms with Gasteiger partial charge in [-0.2, -0.15) is 19.7 Å². The van der Waals surface area contributed by atoms with Gasteiger partial charge in [0.05, 0.1) is 22.4 Å². The van der Waals surface area contributed by atoms with Crippen molar-refractivity contribution in [3.05, 3.63) is 39.2 Å². The van der Waals surface area contributed by atoms with Crippen LogP contribution in [-0.4, -0.2) is 36.6 Å². The Balaban J connectivity index is 2.18. The maximum Gasteiger partial charge on any atom is 0.320 e. The number of nitrogens with zero attached hydrogens (tertiary/aromatic N) is 6. The minimum atomic E-state index is -0.859. The van der Waals surface area contributed by atoms with Crippen LogP contribution in [0.1, 0.15) is 28.7 Å². The maximum atomic E-state index is 13.7. The van der Waals surface area contributed by atoms with E-state index in [0.717, 1.165) is 17.1 Å². The zero-order valence-corrected chi connectivity index (χ0v) is 12.6. The number of carbonyl (C=O) groups excluding carboxylic acids is 1. The summed E-state index contributed by atoms with van der Waals surface area (Å²) >= 11 is 0. The van der Waals surface area contributed by atoms with E-state index in [1.807, 2.05) is 0 Å². The Labute approximate surface area is 129 Å². The zero-order chi connectivity index (χ0) is 17.1. The molecule has 0 radical (unpaired) electrons. The first-order valence-electron chi connectivity index (χ1n) is 6.59. The summed E-state index contributed by atoms with van der Waals surface area (Å²) in [5, 5.41) is 22.2. The Morgan fingerprint density at radius 1 is 1.57 bits per heavy atom. The van der Waals surface area contributed by atoms with Crippen molar-refractivity contribution in [1.29, 1.82) is 0 Å². The highest BCUT2D eigenvalue weighted by Gasteiger charge is 2.25. The third kappa shape index (κ3) is 3.22. The molecule has 0 aliphatic carbocycles. The highest BCUT2D eigenvalue weighted by Crippen LogP contribution is 2.16. The largest absolute Gasteiger partial charge is 0.320 e. The van der Waals surface area contributed by atoms with E-state index in [0.29, 0.717) is 12.2 Å². The number of nitrogens with one attached hydrogen (secondary N) is 1. The van der Waals surface area contributed by atoms with E-state index in [1.165, 1.54) is 11.7 Å². The van der Waals surface area contributed by atoms with Crippen molar-refractivity contribution in [2.75, 3.05) is 0 Å². The van der Waals surface area contributed by atoms with Crippen LogP contribution >= 0.6 is 0 Å². The molecular formula is C12H14FN7O3. The molecule has 0 atom stereocenters. The Morgan fingerprint density at radius 3 is 2.78 bits per heavy atom. The summed E-state index contributed by atoms with van der Waals surface area (Å²) in [6.45, 7) is 3.68. The van der Waals surface area contributed by atoms with Gasteiger partial charge in [0.2, 0.25) is 11.6 Å². The number of aryl methyl sites for hydroxylation is 3. The summed E-state index contributed by atoms with van der Waals surface area (Å²) in [5.74, 6) is -1.47. The molecule has 1 N–H and O–H groups in total. The second-order valence-corrected chi connectivity index (χ2v) is 4.59. The van der Waals surface area contributed by atoms with Gasteiger partial charge < -0.3 is 0 Å². The SMILES string of the molecule is CCn1cc([N+](=O)[O-])c(C(=O)NN=Cc2c(C)nn(C)c2F)n1. The number of rotatable bonds is 5. The van der Waals surface area contributed by atoms with Gasteiger partial charge in [-0.1, -0.05) is 0 Å². The molecule has 2 aromatic rings. The average molecular weight is 323 g/mol. The van der Waals surface area contributed by atoms with Crippen LogP contribution in [0.2, 0.25) is 0 Å². The molecule has 0 unspecified atom stereocenters. The predicted octanol–water partition coefficient (Wildman–Crippen LogP) is 0.756. The van der Waals surface area contributed by atoms with Crippen molar-refractivity contribution < 1.29 is 14.1 Å². The summed E-state index contributed by atoms with van der Waals surface area (Å²) in [6, 6.07) is 0. The molecule has 0 saturated carbocycles. The second kappa shape index (κ2) is 6.34. The van der Waals surface area contributed by atoms with Crippen LogP contribution in [0.3, 0.4) is 0 Å². The molecule has 2 aromatic heterocycles. The number of nitro groups is 1. The van der Waals surface area contributed by atoms with E-state index in [4.69, 9.17) is 0 Å². The number of hydrazone groups is 1. The highest BCUT2D eigenvalue weighted by molar-refractivity contribution is 5.96.